The van der Waals surface area contributed by atoms with E-state index in [1.54, 1.807) is 9.47 Å². The molecule has 3 heterocycles. The summed E-state index contributed by atoms with van der Waals surface area (Å²) in [6.07, 6.45) is 12.2. The third kappa shape index (κ3) is 9.43. The van der Waals surface area contributed by atoms with Crippen LogP contribution in [-0.2, 0) is 27.0 Å². The molecule has 2 amide bonds. The standard InChI is InChI=1S/C32H45N5O5S2/c1-32(2,3)42-31(39)36-13-9-23(10-14-36)25-7-8-28(27(19-25)24-11-16-43(40)17-12-24)35-30(38)29-34-26(20-33)21-37(29)22-41-15-18-44(4,5)6/h7-8,11,19,21,23H,9-10,12-18,22H2,1-6H3,(H,35,38). The number of benzene rings is 1. The highest BCUT2D eigenvalue weighted by Crippen LogP contribution is 2.36. The number of likely N-dealkylation sites (tertiary alicyclic amines) is 1. The van der Waals surface area contributed by atoms with Crippen LogP contribution in [0.4, 0.5) is 10.5 Å². The number of aromatic nitrogens is 2. The zero-order valence-corrected chi connectivity index (χ0v) is 28.3. The second-order valence-corrected chi connectivity index (χ2v) is 19.4. The SMILES string of the molecule is CC(C)(C)OC(=O)N1CCC(c2ccc(NC(=O)c3nc(C#N)cn3COCCS(C)(C)C)c(C3=CCS(=O)CC3)c2)CC1. The molecular formula is C32H45N5O5S2. The van der Waals surface area contributed by atoms with Gasteiger partial charge in [-0.2, -0.15) is 5.26 Å². The Morgan fingerprint density at radius 3 is 2.55 bits per heavy atom. The third-order valence-electron chi connectivity index (χ3n) is 7.54. The van der Waals surface area contributed by atoms with Gasteiger partial charge in [-0.3, -0.25) is 9.00 Å². The smallest absolute Gasteiger partial charge is 0.410 e. The van der Waals surface area contributed by atoms with Crippen LogP contribution in [0.3, 0.4) is 0 Å². The number of hydrogen-bond donors (Lipinski definition) is 1. The van der Waals surface area contributed by atoms with Crippen molar-refractivity contribution in [2.24, 2.45) is 0 Å². The number of imidazole rings is 1. The van der Waals surface area contributed by atoms with Gasteiger partial charge in [0.25, 0.3) is 5.91 Å². The Morgan fingerprint density at radius 1 is 1.20 bits per heavy atom. The van der Waals surface area contributed by atoms with E-state index in [0.29, 0.717) is 43.3 Å². The largest absolute Gasteiger partial charge is 0.444 e. The van der Waals surface area contributed by atoms with E-state index in [1.165, 1.54) is 6.20 Å². The molecule has 1 aromatic heterocycles. The highest BCUT2D eigenvalue weighted by molar-refractivity contribution is 8.32. The lowest BCUT2D eigenvalue weighted by atomic mass is 9.87. The molecular weight excluding hydrogens is 599 g/mol. The number of carbonyl (C=O) groups is 2. The Kier molecular flexibility index (Phi) is 11.0. The first-order chi connectivity index (χ1) is 20.7. The second-order valence-electron chi connectivity index (χ2n) is 13.2. The van der Waals surface area contributed by atoms with Crippen LogP contribution in [0.1, 0.15) is 73.4 Å². The van der Waals surface area contributed by atoms with Crippen LogP contribution in [0.5, 0.6) is 0 Å². The molecule has 12 heteroatoms. The molecule has 240 valence electrons. The van der Waals surface area contributed by atoms with Gasteiger partial charge in [-0.15, -0.1) is 0 Å². The van der Waals surface area contributed by atoms with Crippen LogP contribution in [-0.4, -0.2) is 92.0 Å². The molecule has 1 N–H and O–H groups in total. The van der Waals surface area contributed by atoms with E-state index in [-0.39, 0.29) is 30.3 Å². The molecule has 44 heavy (non-hydrogen) atoms. The molecule has 1 unspecified atom stereocenters. The van der Waals surface area contributed by atoms with Gasteiger partial charge in [0.1, 0.15) is 18.4 Å². The summed E-state index contributed by atoms with van der Waals surface area (Å²) in [6.45, 7) is 7.50. The monoisotopic (exact) mass is 643 g/mol. The van der Waals surface area contributed by atoms with Crippen molar-refractivity contribution in [3.05, 3.63) is 53.1 Å². The Labute approximate surface area is 265 Å². The molecule has 0 radical (unpaired) electrons. The molecule has 10 nitrogen and oxygen atoms in total. The van der Waals surface area contributed by atoms with Crippen molar-refractivity contribution in [2.45, 2.75) is 58.3 Å². The number of nitriles is 1. The number of amides is 2. The Morgan fingerprint density at radius 2 is 1.93 bits per heavy atom. The molecule has 0 saturated carbocycles. The normalized spacial score (nSPS) is 18.3. The van der Waals surface area contributed by atoms with Gasteiger partial charge >= 0.3 is 6.09 Å². The van der Waals surface area contributed by atoms with E-state index in [4.69, 9.17) is 9.47 Å². The lowest BCUT2D eigenvalue weighted by molar-refractivity contribution is 0.0204. The fourth-order valence-electron chi connectivity index (χ4n) is 5.16. The molecule has 0 aliphatic carbocycles. The summed E-state index contributed by atoms with van der Waals surface area (Å²) in [6, 6.07) is 8.08. The quantitative estimate of drug-likeness (QED) is 0.366. The minimum atomic E-state index is -0.888. The predicted octanol–water partition coefficient (Wildman–Crippen LogP) is 5.33. The van der Waals surface area contributed by atoms with Crippen molar-refractivity contribution in [3.8, 4) is 6.07 Å². The minimum absolute atomic E-state index is 0.105. The number of nitrogens with one attached hydrogen (secondary N) is 1. The van der Waals surface area contributed by atoms with Crippen LogP contribution in [0.2, 0.25) is 0 Å². The maximum Gasteiger partial charge on any atom is 0.410 e. The number of piperidine rings is 1. The van der Waals surface area contributed by atoms with Crippen LogP contribution in [0.25, 0.3) is 5.57 Å². The fraction of sp³-hybridized carbons (Fsp3) is 0.562. The molecule has 1 fully saturated rings. The van der Waals surface area contributed by atoms with Crippen LogP contribution >= 0.6 is 10.0 Å². The van der Waals surface area contributed by atoms with Crippen molar-refractivity contribution >= 4 is 44.1 Å². The van der Waals surface area contributed by atoms with Gasteiger partial charge in [0, 0.05) is 58.6 Å². The van der Waals surface area contributed by atoms with Crippen molar-refractivity contribution < 1.29 is 23.3 Å². The number of rotatable bonds is 9. The van der Waals surface area contributed by atoms with Crippen molar-refractivity contribution in [2.75, 3.05) is 61.0 Å². The maximum atomic E-state index is 13.6. The summed E-state index contributed by atoms with van der Waals surface area (Å²) < 4.78 is 25.1. The molecule has 0 bridgehead atoms. The molecule has 1 aromatic carbocycles. The minimum Gasteiger partial charge on any atom is -0.444 e. The van der Waals surface area contributed by atoms with Crippen LogP contribution in [0, 0.1) is 11.3 Å². The zero-order valence-electron chi connectivity index (χ0n) is 26.7. The van der Waals surface area contributed by atoms with E-state index in [9.17, 15) is 19.1 Å². The van der Waals surface area contributed by atoms with Gasteiger partial charge in [0.15, 0.2) is 5.69 Å². The van der Waals surface area contributed by atoms with Crippen molar-refractivity contribution in [1.29, 1.82) is 5.26 Å². The summed E-state index contributed by atoms with van der Waals surface area (Å²) in [4.78, 5) is 32.1. The Balaban J connectivity index is 1.53. The summed E-state index contributed by atoms with van der Waals surface area (Å²) in [5.41, 5.74) is 3.32. The highest BCUT2D eigenvalue weighted by Gasteiger charge is 2.28. The maximum absolute atomic E-state index is 13.6. The molecule has 2 aliphatic rings. The first-order valence-corrected chi connectivity index (χ1v) is 19.4. The molecule has 2 aromatic rings. The molecule has 2 aliphatic heterocycles. The predicted molar refractivity (Wildman–Crippen MR) is 178 cm³/mol. The first-order valence-electron chi connectivity index (χ1n) is 14.9. The van der Waals surface area contributed by atoms with E-state index in [0.717, 1.165) is 35.3 Å². The van der Waals surface area contributed by atoms with Crippen LogP contribution in [0.15, 0.2) is 30.5 Å². The number of nitrogens with zero attached hydrogens (tertiary/aromatic N) is 4. The number of allylic oxidation sites excluding steroid dienone is 1. The number of carbonyl (C=O) groups excluding carboxylic acids is 2. The van der Waals surface area contributed by atoms with Gasteiger partial charge in [-0.1, -0.05) is 12.1 Å². The van der Waals surface area contributed by atoms with Crippen molar-refractivity contribution in [3.63, 3.8) is 0 Å². The average molecular weight is 644 g/mol. The van der Waals surface area contributed by atoms with Gasteiger partial charge in [0.05, 0.1) is 6.61 Å². The highest BCUT2D eigenvalue weighted by atomic mass is 32.3. The van der Waals surface area contributed by atoms with Crippen molar-refractivity contribution in [1.82, 2.24) is 14.5 Å². The van der Waals surface area contributed by atoms with Gasteiger partial charge < -0.3 is 24.3 Å². The number of anilines is 1. The van der Waals surface area contributed by atoms with E-state index < -0.39 is 32.3 Å². The molecule has 0 spiro atoms. The van der Waals surface area contributed by atoms with Crippen LogP contribution < -0.4 is 5.32 Å². The Hall–Kier alpha value is -3.14. The number of ether oxygens (including phenoxy) is 2. The topological polar surface area (TPSA) is 127 Å². The van der Waals surface area contributed by atoms with E-state index in [2.05, 4.69) is 35.1 Å². The third-order valence-corrected chi connectivity index (χ3v) is 10.1. The summed E-state index contributed by atoms with van der Waals surface area (Å²) >= 11 is 0. The molecule has 4 rings (SSSR count). The molecule has 1 saturated heterocycles. The fourth-order valence-corrected chi connectivity index (χ4v) is 6.78. The lowest BCUT2D eigenvalue weighted by Crippen LogP contribution is -2.41. The zero-order chi connectivity index (χ0) is 32.1. The average Bonchev–Trinajstić information content (AvgIpc) is 3.38. The summed E-state index contributed by atoms with van der Waals surface area (Å²) in [7, 11) is -1.61. The Bertz CT molecular complexity index is 1460. The lowest BCUT2D eigenvalue weighted by Gasteiger charge is -2.34. The van der Waals surface area contributed by atoms with E-state index in [1.807, 2.05) is 45.0 Å². The van der Waals surface area contributed by atoms with E-state index >= 15 is 0 Å². The second kappa shape index (κ2) is 14.3. The van der Waals surface area contributed by atoms with Gasteiger partial charge in [-0.25, -0.2) is 19.8 Å². The first kappa shape index (κ1) is 33.7. The van der Waals surface area contributed by atoms with Gasteiger partial charge in [0.2, 0.25) is 5.82 Å². The summed E-state index contributed by atoms with van der Waals surface area (Å²) in [5, 5.41) is 12.5. The molecule has 1 atom stereocenters. The van der Waals surface area contributed by atoms with Gasteiger partial charge in [-0.05, 0) is 88.0 Å². The summed E-state index contributed by atoms with van der Waals surface area (Å²) in [5.74, 6) is 1.90. The number of hydrogen-bond acceptors (Lipinski definition) is 7.